The molecule has 7 heteroatoms. The molecule has 0 aromatic heterocycles. The number of carboxylic acid groups (broad SMARTS) is 1. The number of anilines is 1. The first kappa shape index (κ1) is 13.9. The normalized spacial score (nSPS) is 11.9. The van der Waals surface area contributed by atoms with Crippen molar-refractivity contribution in [2.45, 2.75) is 12.5 Å². The van der Waals surface area contributed by atoms with Gasteiger partial charge in [-0.15, -0.1) is 0 Å². The molecule has 7 nitrogen and oxygen atoms in total. The van der Waals surface area contributed by atoms with Crippen molar-refractivity contribution in [3.05, 3.63) is 33.9 Å². The van der Waals surface area contributed by atoms with Gasteiger partial charge in [0.2, 0.25) is 0 Å². The highest BCUT2D eigenvalue weighted by atomic mass is 16.6. The molecule has 0 aliphatic rings. The molecule has 1 atom stereocenters. The number of aliphatic carboxylic acids is 1. The summed E-state index contributed by atoms with van der Waals surface area (Å²) in [6.07, 6.45) is -0.0761. The molecule has 1 aromatic carbocycles. The number of carboxylic acids is 1. The van der Waals surface area contributed by atoms with Crippen molar-refractivity contribution in [1.29, 1.82) is 0 Å². The molecule has 0 saturated heterocycles. The minimum absolute atomic E-state index is 0.0761. The minimum atomic E-state index is -1.18. The predicted octanol–water partition coefficient (Wildman–Crippen LogP) is 0.615. The second-order valence-corrected chi connectivity index (χ2v) is 4.11. The number of nitro groups is 1. The number of hydrogen-bond acceptors (Lipinski definition) is 5. The molecule has 18 heavy (non-hydrogen) atoms. The van der Waals surface area contributed by atoms with E-state index in [2.05, 4.69) is 0 Å². The van der Waals surface area contributed by atoms with Gasteiger partial charge in [-0.25, -0.2) is 0 Å². The lowest BCUT2D eigenvalue weighted by molar-refractivity contribution is -0.385. The van der Waals surface area contributed by atoms with E-state index >= 15 is 0 Å². The van der Waals surface area contributed by atoms with Crippen LogP contribution >= 0.6 is 0 Å². The molecule has 0 fully saturated rings. The van der Waals surface area contributed by atoms with Crippen molar-refractivity contribution in [2.75, 3.05) is 19.0 Å². The zero-order chi connectivity index (χ0) is 13.9. The Hall–Kier alpha value is -2.15. The Bertz CT molecular complexity index is 473. The molecule has 0 aliphatic carbocycles. The van der Waals surface area contributed by atoms with E-state index in [4.69, 9.17) is 10.8 Å². The molecule has 0 radical (unpaired) electrons. The molecule has 98 valence electrons. The second kappa shape index (κ2) is 5.46. The van der Waals surface area contributed by atoms with Gasteiger partial charge in [-0.05, 0) is 12.1 Å². The van der Waals surface area contributed by atoms with Gasteiger partial charge in [0.15, 0.2) is 0 Å². The van der Waals surface area contributed by atoms with Crippen molar-refractivity contribution in [2.24, 2.45) is 5.73 Å². The van der Waals surface area contributed by atoms with Crippen molar-refractivity contribution in [3.8, 4) is 0 Å². The fourth-order valence-electron chi connectivity index (χ4n) is 1.52. The van der Waals surface area contributed by atoms with E-state index < -0.39 is 16.9 Å². The monoisotopic (exact) mass is 253 g/mol. The highest BCUT2D eigenvalue weighted by molar-refractivity contribution is 5.74. The van der Waals surface area contributed by atoms with Gasteiger partial charge >= 0.3 is 5.97 Å². The molecule has 1 rings (SSSR count). The Morgan fingerprint density at radius 1 is 1.56 bits per heavy atom. The van der Waals surface area contributed by atoms with Crippen LogP contribution in [0.3, 0.4) is 0 Å². The molecular weight excluding hydrogens is 238 g/mol. The largest absolute Gasteiger partial charge is 0.480 e. The topological polar surface area (TPSA) is 110 Å². The molecule has 1 aromatic rings. The van der Waals surface area contributed by atoms with Gasteiger partial charge in [0, 0.05) is 37.8 Å². The van der Waals surface area contributed by atoms with Crippen LogP contribution in [0.5, 0.6) is 0 Å². The summed E-state index contributed by atoms with van der Waals surface area (Å²) in [6, 6.07) is 3.40. The van der Waals surface area contributed by atoms with E-state index in [1.165, 1.54) is 6.07 Å². The number of rotatable bonds is 5. The molecule has 1 unspecified atom stereocenters. The number of nitrogens with two attached hydrogens (primary N) is 1. The Balaban J connectivity index is 3.15. The van der Waals surface area contributed by atoms with Crippen LogP contribution in [0.15, 0.2) is 18.2 Å². The third-order valence-electron chi connectivity index (χ3n) is 2.53. The summed E-state index contributed by atoms with van der Waals surface area (Å²) in [5.74, 6) is -1.18. The first-order valence-corrected chi connectivity index (χ1v) is 5.26. The quantitative estimate of drug-likeness (QED) is 0.587. The van der Waals surface area contributed by atoms with E-state index in [-0.39, 0.29) is 12.1 Å². The summed E-state index contributed by atoms with van der Waals surface area (Å²) in [7, 11) is 3.59. The zero-order valence-corrected chi connectivity index (χ0v) is 10.2. The number of benzene rings is 1. The Morgan fingerprint density at radius 2 is 2.17 bits per heavy atom. The lowest BCUT2D eigenvalue weighted by Gasteiger charge is -2.14. The number of carbonyl (C=O) groups is 1. The first-order valence-electron chi connectivity index (χ1n) is 5.26. The molecular formula is C11H15N3O4. The summed E-state index contributed by atoms with van der Waals surface area (Å²) in [5.41, 5.74) is 6.37. The lowest BCUT2D eigenvalue weighted by atomic mass is 10.0. The Morgan fingerprint density at radius 3 is 2.61 bits per heavy atom. The van der Waals surface area contributed by atoms with Gasteiger partial charge in [-0.3, -0.25) is 14.9 Å². The highest BCUT2D eigenvalue weighted by Crippen LogP contribution is 2.25. The second-order valence-electron chi connectivity index (χ2n) is 4.11. The van der Waals surface area contributed by atoms with Gasteiger partial charge in [0.25, 0.3) is 5.69 Å². The molecule has 0 saturated carbocycles. The van der Waals surface area contributed by atoms with Crippen LogP contribution in [-0.2, 0) is 11.2 Å². The van der Waals surface area contributed by atoms with Crippen LogP contribution in [0.1, 0.15) is 5.56 Å². The fraction of sp³-hybridized carbons (Fsp3) is 0.364. The molecule has 0 amide bonds. The average Bonchev–Trinajstić information content (AvgIpc) is 2.28. The summed E-state index contributed by atoms with van der Waals surface area (Å²) in [5, 5.41) is 19.6. The standard InChI is InChI=1S/C11H15N3O4/c1-13(2)8-3-4-10(14(17)18)7(5-8)6-9(12)11(15)16/h3-5,9H,6,12H2,1-2H3,(H,15,16). The maximum Gasteiger partial charge on any atom is 0.320 e. The molecule has 3 N–H and O–H groups in total. The van der Waals surface area contributed by atoms with Crippen molar-refractivity contribution >= 4 is 17.3 Å². The predicted molar refractivity (Wildman–Crippen MR) is 66.7 cm³/mol. The van der Waals surface area contributed by atoms with Crippen LogP contribution < -0.4 is 10.6 Å². The third kappa shape index (κ3) is 3.17. The van der Waals surface area contributed by atoms with E-state index in [9.17, 15) is 14.9 Å². The van der Waals surface area contributed by atoms with E-state index in [0.717, 1.165) is 5.69 Å². The highest BCUT2D eigenvalue weighted by Gasteiger charge is 2.20. The van der Waals surface area contributed by atoms with Crippen LogP contribution in [0.2, 0.25) is 0 Å². The van der Waals surface area contributed by atoms with Crippen molar-refractivity contribution in [3.63, 3.8) is 0 Å². The third-order valence-corrected chi connectivity index (χ3v) is 2.53. The summed E-state index contributed by atoms with van der Waals surface area (Å²) in [4.78, 5) is 22.8. The van der Waals surface area contributed by atoms with Crippen molar-refractivity contribution < 1.29 is 14.8 Å². The van der Waals surface area contributed by atoms with E-state index in [1.54, 1.807) is 31.1 Å². The van der Waals surface area contributed by atoms with Gasteiger partial charge in [-0.2, -0.15) is 0 Å². The van der Waals surface area contributed by atoms with E-state index in [0.29, 0.717) is 5.56 Å². The minimum Gasteiger partial charge on any atom is -0.480 e. The van der Waals surface area contributed by atoms with Crippen LogP contribution in [0.25, 0.3) is 0 Å². The maximum atomic E-state index is 10.9. The first-order chi connectivity index (χ1) is 8.32. The molecule has 0 bridgehead atoms. The Kier molecular flexibility index (Phi) is 4.22. The molecule has 0 heterocycles. The van der Waals surface area contributed by atoms with Crippen molar-refractivity contribution in [1.82, 2.24) is 0 Å². The van der Waals surface area contributed by atoms with Gasteiger partial charge < -0.3 is 15.7 Å². The summed E-state index contributed by atoms with van der Waals surface area (Å²) in [6.45, 7) is 0. The Labute approximate surface area is 104 Å². The van der Waals surface area contributed by atoms with Crippen LogP contribution in [-0.4, -0.2) is 36.1 Å². The van der Waals surface area contributed by atoms with Gasteiger partial charge in [0.1, 0.15) is 6.04 Å². The number of nitro benzene ring substituents is 1. The average molecular weight is 253 g/mol. The van der Waals surface area contributed by atoms with Crippen LogP contribution in [0, 0.1) is 10.1 Å². The lowest BCUT2D eigenvalue weighted by Crippen LogP contribution is -2.32. The maximum absolute atomic E-state index is 10.9. The molecule has 0 spiro atoms. The SMILES string of the molecule is CN(C)c1ccc([N+](=O)[O-])c(CC(N)C(=O)O)c1. The van der Waals surface area contributed by atoms with Gasteiger partial charge in [-0.1, -0.05) is 0 Å². The smallest absolute Gasteiger partial charge is 0.320 e. The summed E-state index contributed by atoms with van der Waals surface area (Å²) < 4.78 is 0. The number of hydrogen-bond donors (Lipinski definition) is 2. The summed E-state index contributed by atoms with van der Waals surface area (Å²) >= 11 is 0. The van der Waals surface area contributed by atoms with Gasteiger partial charge in [0.05, 0.1) is 4.92 Å². The number of nitrogens with zero attached hydrogens (tertiary/aromatic N) is 2. The molecule has 0 aliphatic heterocycles. The van der Waals surface area contributed by atoms with Crippen LogP contribution in [0.4, 0.5) is 11.4 Å². The zero-order valence-electron chi connectivity index (χ0n) is 10.2. The fourth-order valence-corrected chi connectivity index (χ4v) is 1.52. The van der Waals surface area contributed by atoms with E-state index in [1.807, 2.05) is 0 Å².